The molecule has 10 heteroatoms. The van der Waals surface area contributed by atoms with Gasteiger partial charge in [-0.05, 0) is 25.0 Å². The second-order valence-corrected chi connectivity index (χ2v) is 5.69. The van der Waals surface area contributed by atoms with Gasteiger partial charge in [0.05, 0.1) is 11.8 Å². The summed E-state index contributed by atoms with van der Waals surface area (Å²) < 4.78 is 11.0. The Hall–Kier alpha value is -3.69. The van der Waals surface area contributed by atoms with Crippen LogP contribution in [-0.2, 0) is 4.74 Å². The van der Waals surface area contributed by atoms with E-state index in [1.165, 1.54) is 18.2 Å². The summed E-state index contributed by atoms with van der Waals surface area (Å²) in [7, 11) is 0. The molecule has 0 N–H and O–H groups in total. The zero-order valence-corrected chi connectivity index (χ0v) is 14.1. The summed E-state index contributed by atoms with van der Waals surface area (Å²) in [6, 6.07) is 7.73. The number of ether oxygens (including phenoxy) is 2. The number of rotatable bonds is 7. The highest BCUT2D eigenvalue weighted by Gasteiger charge is 2.35. The van der Waals surface area contributed by atoms with Gasteiger partial charge in [0.15, 0.2) is 10.7 Å². The van der Waals surface area contributed by atoms with Crippen molar-refractivity contribution in [3.63, 3.8) is 0 Å². The summed E-state index contributed by atoms with van der Waals surface area (Å²) >= 11 is 0. The first-order chi connectivity index (χ1) is 13.0. The first kappa shape index (κ1) is 18.1. The Labute approximate surface area is 152 Å². The lowest BCUT2D eigenvalue weighted by Gasteiger charge is -2.15. The predicted molar refractivity (Wildman–Crippen MR) is 92.8 cm³/mol. The van der Waals surface area contributed by atoms with Gasteiger partial charge in [-0.1, -0.05) is 30.9 Å². The largest absolute Gasteiger partial charge is 0.483 e. The van der Waals surface area contributed by atoms with Crippen molar-refractivity contribution in [2.24, 2.45) is 0 Å². The molecule has 0 saturated heterocycles. The molecular formula is C17H15N3O7. The first-order valence-corrected chi connectivity index (χ1v) is 8.02. The van der Waals surface area contributed by atoms with Crippen molar-refractivity contribution in [1.82, 2.24) is 9.24 Å². The Morgan fingerprint density at radius 2 is 1.96 bits per heavy atom. The van der Waals surface area contributed by atoms with Crippen LogP contribution in [0, 0.1) is 10.1 Å². The molecule has 1 aromatic heterocycles. The fourth-order valence-corrected chi connectivity index (χ4v) is 2.38. The van der Waals surface area contributed by atoms with Crippen molar-refractivity contribution < 1.29 is 19.3 Å². The molecule has 3 rings (SSSR count). The van der Waals surface area contributed by atoms with E-state index in [1.807, 2.05) is 0 Å². The van der Waals surface area contributed by atoms with E-state index in [1.54, 1.807) is 18.2 Å². The van der Waals surface area contributed by atoms with E-state index in [9.17, 15) is 24.5 Å². The Morgan fingerprint density at radius 1 is 1.30 bits per heavy atom. The van der Waals surface area contributed by atoms with Crippen LogP contribution in [0.1, 0.15) is 23.3 Å². The van der Waals surface area contributed by atoms with E-state index in [0.29, 0.717) is 12.8 Å². The van der Waals surface area contributed by atoms with E-state index in [-0.39, 0.29) is 23.1 Å². The van der Waals surface area contributed by atoms with E-state index >= 15 is 0 Å². The monoisotopic (exact) mass is 373 g/mol. The lowest BCUT2D eigenvalue weighted by atomic mass is 10.2. The van der Waals surface area contributed by atoms with Crippen LogP contribution >= 0.6 is 0 Å². The smallest absolute Gasteiger partial charge is 0.397 e. The molecule has 0 bridgehead atoms. The van der Waals surface area contributed by atoms with Crippen LogP contribution in [0.5, 0.6) is 5.75 Å². The number of nitrogens with zero attached hydrogens (tertiary/aromatic N) is 3. The van der Waals surface area contributed by atoms with Crippen LogP contribution in [0.15, 0.2) is 52.6 Å². The number of hydrogen-bond donors (Lipinski definition) is 0. The van der Waals surface area contributed by atoms with Crippen molar-refractivity contribution in [1.29, 1.82) is 0 Å². The quantitative estimate of drug-likeness (QED) is 0.306. The Balaban J connectivity index is 2.37. The Kier molecular flexibility index (Phi) is 4.88. The second kappa shape index (κ2) is 7.28. The van der Waals surface area contributed by atoms with Crippen molar-refractivity contribution in [3.8, 4) is 11.4 Å². The van der Waals surface area contributed by atoms with Crippen LogP contribution in [0.25, 0.3) is 5.69 Å². The molecule has 1 fully saturated rings. The normalized spacial score (nSPS) is 13.0. The van der Waals surface area contributed by atoms with E-state index < -0.39 is 33.7 Å². The molecule has 1 saturated carbocycles. The highest BCUT2D eigenvalue weighted by atomic mass is 16.7. The molecule has 1 aliphatic rings. The maximum Gasteiger partial charge on any atom is 0.397 e. The van der Waals surface area contributed by atoms with Gasteiger partial charge >= 0.3 is 17.2 Å². The second-order valence-electron chi connectivity index (χ2n) is 5.69. The molecule has 10 nitrogen and oxygen atoms in total. The fraction of sp³-hybridized carbons (Fsp3) is 0.235. The average molecular weight is 373 g/mol. The minimum Gasteiger partial charge on any atom is -0.483 e. The molecule has 0 aliphatic heterocycles. The van der Waals surface area contributed by atoms with Gasteiger partial charge < -0.3 is 9.47 Å². The van der Waals surface area contributed by atoms with E-state index in [4.69, 9.17) is 9.47 Å². The van der Waals surface area contributed by atoms with Crippen LogP contribution in [-0.4, -0.2) is 33.0 Å². The summed E-state index contributed by atoms with van der Waals surface area (Å²) in [6.45, 7) is 3.25. The highest BCUT2D eigenvalue weighted by molar-refractivity contribution is 5.91. The molecule has 0 unspecified atom stereocenters. The standard InChI is InChI=1S/C17H15N3O7/c1-2-10-26-16(22)13-14(27-12-8-9-12)15(21)19(20(24)25)17(23)18(13)11-6-4-3-5-7-11/h2-7,12H,1,8-10H2. The molecule has 0 atom stereocenters. The van der Waals surface area contributed by atoms with Gasteiger partial charge in [0.25, 0.3) is 0 Å². The van der Waals surface area contributed by atoms with Crippen molar-refractivity contribution >= 4 is 5.97 Å². The zero-order chi connectivity index (χ0) is 19.6. The van der Waals surface area contributed by atoms with Gasteiger partial charge in [-0.3, -0.25) is 4.79 Å². The number of carbonyl (C=O) groups excluding carboxylic acids is 1. The molecule has 0 amide bonds. The lowest BCUT2D eigenvalue weighted by molar-refractivity contribution is -0.548. The number of hydrogen-bond acceptors (Lipinski definition) is 7. The summed E-state index contributed by atoms with van der Waals surface area (Å²) in [5.41, 5.74) is -2.99. The third kappa shape index (κ3) is 3.50. The first-order valence-electron chi connectivity index (χ1n) is 8.02. The van der Waals surface area contributed by atoms with E-state index in [0.717, 1.165) is 4.57 Å². The van der Waals surface area contributed by atoms with Crippen molar-refractivity contribution in [2.45, 2.75) is 18.9 Å². The number of carbonyl (C=O) groups is 1. The molecule has 1 aromatic carbocycles. The third-order valence-corrected chi connectivity index (χ3v) is 3.71. The minimum absolute atomic E-state index is 0.143. The van der Waals surface area contributed by atoms with Gasteiger partial charge in [0.1, 0.15) is 6.61 Å². The Morgan fingerprint density at radius 3 is 2.52 bits per heavy atom. The highest BCUT2D eigenvalue weighted by Crippen LogP contribution is 2.27. The number of para-hydroxylation sites is 1. The molecule has 140 valence electrons. The summed E-state index contributed by atoms with van der Waals surface area (Å²) in [5, 5.41) is 10.2. The number of aromatic nitrogens is 2. The number of benzene rings is 1. The van der Waals surface area contributed by atoms with Gasteiger partial charge in [0.2, 0.25) is 5.75 Å². The molecule has 1 aliphatic carbocycles. The maximum atomic E-state index is 12.7. The number of nitro groups is 1. The zero-order valence-electron chi connectivity index (χ0n) is 14.1. The fourth-order valence-electron chi connectivity index (χ4n) is 2.38. The Bertz CT molecular complexity index is 1020. The molecular weight excluding hydrogens is 358 g/mol. The molecule has 0 radical (unpaired) electrons. The summed E-state index contributed by atoms with van der Waals surface area (Å²) in [4.78, 5) is 49.1. The molecule has 0 spiro atoms. The van der Waals surface area contributed by atoms with Gasteiger partial charge in [-0.25, -0.2) is 24.3 Å². The summed E-state index contributed by atoms with van der Waals surface area (Å²) in [5.74, 6) is -1.62. The van der Waals surface area contributed by atoms with E-state index in [2.05, 4.69) is 6.58 Å². The lowest BCUT2D eigenvalue weighted by Crippen LogP contribution is -2.46. The van der Waals surface area contributed by atoms with Crippen LogP contribution in [0.3, 0.4) is 0 Å². The van der Waals surface area contributed by atoms with Gasteiger partial charge in [0, 0.05) is 4.68 Å². The van der Waals surface area contributed by atoms with Crippen LogP contribution in [0.2, 0.25) is 0 Å². The number of esters is 1. The molecule has 27 heavy (non-hydrogen) atoms. The average Bonchev–Trinajstić information content (AvgIpc) is 3.46. The molecule has 1 heterocycles. The van der Waals surface area contributed by atoms with Gasteiger partial charge in [-0.15, -0.1) is 0 Å². The SMILES string of the molecule is C=CCOC(=O)c1c(OC2CC2)c(=O)n([N+](=O)[O-])c(=O)n1-c1ccccc1. The summed E-state index contributed by atoms with van der Waals surface area (Å²) in [6.07, 6.45) is 2.21. The molecule has 2 aromatic rings. The van der Waals surface area contributed by atoms with Gasteiger partial charge in [-0.2, -0.15) is 0 Å². The predicted octanol–water partition coefficient (Wildman–Crippen LogP) is 0.923. The van der Waals surface area contributed by atoms with Crippen molar-refractivity contribution in [3.05, 3.63) is 79.6 Å². The topological polar surface area (TPSA) is 123 Å². The van der Waals surface area contributed by atoms with Crippen LogP contribution < -0.4 is 16.0 Å². The van der Waals surface area contributed by atoms with Crippen LogP contribution in [0.4, 0.5) is 0 Å². The van der Waals surface area contributed by atoms with Crippen molar-refractivity contribution in [2.75, 3.05) is 6.61 Å². The minimum atomic E-state index is -1.32. The maximum absolute atomic E-state index is 12.7. The third-order valence-electron chi connectivity index (χ3n) is 3.71.